The number of hydrogen-bond acceptors (Lipinski definition) is 2. The van der Waals surface area contributed by atoms with Crippen LogP contribution in [0, 0.1) is 17.2 Å². The number of benzene rings is 1. The average Bonchev–Trinajstić information content (AvgIpc) is 3.15. The molecule has 0 aliphatic heterocycles. The molecule has 0 heterocycles. The molecule has 0 bridgehead atoms. The van der Waals surface area contributed by atoms with Crippen molar-refractivity contribution in [1.29, 1.82) is 5.26 Å². The van der Waals surface area contributed by atoms with Crippen LogP contribution in [0.2, 0.25) is 0 Å². The van der Waals surface area contributed by atoms with Gasteiger partial charge in [-0.25, -0.2) is 0 Å². The molecule has 2 heteroatoms. The Morgan fingerprint density at radius 2 is 2.00 bits per heavy atom. The number of nitrogens with zero attached hydrogens (tertiary/aromatic N) is 1. The Bertz CT molecular complexity index is 386. The highest BCUT2D eigenvalue weighted by atomic mass is 16.3. The Morgan fingerprint density at radius 1 is 1.38 bits per heavy atom. The number of rotatable bonds is 4. The molecule has 1 aliphatic carbocycles. The van der Waals surface area contributed by atoms with Crippen molar-refractivity contribution in [3.8, 4) is 6.07 Å². The predicted octanol–water partition coefficient (Wildman–Crippen LogP) is 3.15. The summed E-state index contributed by atoms with van der Waals surface area (Å²) in [7, 11) is 0. The summed E-state index contributed by atoms with van der Waals surface area (Å²) in [6.07, 6.45) is 2.61. The van der Waals surface area contributed by atoms with Gasteiger partial charge in [-0.3, -0.25) is 0 Å². The highest BCUT2D eigenvalue weighted by Gasteiger charge is 2.24. The fourth-order valence-corrected chi connectivity index (χ4v) is 2.00. The lowest BCUT2D eigenvalue weighted by Crippen LogP contribution is -2.09. The van der Waals surface area contributed by atoms with Gasteiger partial charge < -0.3 is 5.11 Å². The molecule has 84 valence electrons. The van der Waals surface area contributed by atoms with E-state index in [9.17, 15) is 5.11 Å². The number of hydrogen-bond donors (Lipinski definition) is 1. The van der Waals surface area contributed by atoms with Gasteiger partial charge in [0, 0.05) is 0 Å². The lowest BCUT2D eigenvalue weighted by Gasteiger charge is -2.15. The monoisotopic (exact) mass is 215 g/mol. The lowest BCUT2D eigenvalue weighted by atomic mass is 9.94. The van der Waals surface area contributed by atoms with E-state index in [-0.39, 0.29) is 5.92 Å². The first-order valence-electron chi connectivity index (χ1n) is 5.93. The molecule has 1 fully saturated rings. The van der Waals surface area contributed by atoms with Crippen molar-refractivity contribution in [2.75, 3.05) is 0 Å². The zero-order valence-corrected chi connectivity index (χ0v) is 9.56. The topological polar surface area (TPSA) is 44.0 Å². The Kier molecular flexibility index (Phi) is 3.26. The molecule has 0 amide bonds. The quantitative estimate of drug-likeness (QED) is 0.838. The Balaban J connectivity index is 2.11. The first kappa shape index (κ1) is 11.2. The predicted molar refractivity (Wildman–Crippen MR) is 62.8 cm³/mol. The van der Waals surface area contributed by atoms with Crippen molar-refractivity contribution in [2.45, 2.75) is 38.2 Å². The molecule has 1 saturated carbocycles. The van der Waals surface area contributed by atoms with Crippen LogP contribution in [0.5, 0.6) is 0 Å². The Hall–Kier alpha value is -1.33. The van der Waals surface area contributed by atoms with Gasteiger partial charge in [-0.1, -0.05) is 31.2 Å². The van der Waals surface area contributed by atoms with Gasteiger partial charge in [0.1, 0.15) is 0 Å². The highest BCUT2D eigenvalue weighted by molar-refractivity contribution is 5.29. The Morgan fingerprint density at radius 3 is 2.44 bits per heavy atom. The molecule has 0 radical (unpaired) electrons. The minimum Gasteiger partial charge on any atom is -0.387 e. The molecule has 2 nitrogen and oxygen atoms in total. The molecule has 2 atom stereocenters. The number of aliphatic hydroxyl groups is 1. The average molecular weight is 215 g/mol. The smallest absolute Gasteiger partial charge is 0.0948 e. The first-order chi connectivity index (χ1) is 7.76. The summed E-state index contributed by atoms with van der Waals surface area (Å²) in [5, 5.41) is 18.9. The van der Waals surface area contributed by atoms with Crippen molar-refractivity contribution in [2.24, 2.45) is 5.92 Å². The van der Waals surface area contributed by atoms with Gasteiger partial charge in [0.2, 0.25) is 0 Å². The van der Waals surface area contributed by atoms with E-state index >= 15 is 0 Å². The van der Waals surface area contributed by atoms with Crippen molar-refractivity contribution >= 4 is 0 Å². The van der Waals surface area contributed by atoms with E-state index in [0.717, 1.165) is 11.5 Å². The van der Waals surface area contributed by atoms with Gasteiger partial charge in [-0.2, -0.15) is 5.26 Å². The highest BCUT2D eigenvalue weighted by Crippen LogP contribution is 2.40. The van der Waals surface area contributed by atoms with E-state index in [0.29, 0.717) is 6.42 Å². The van der Waals surface area contributed by atoms with E-state index < -0.39 is 6.10 Å². The van der Waals surface area contributed by atoms with E-state index in [1.807, 2.05) is 19.1 Å². The van der Waals surface area contributed by atoms with Crippen LogP contribution in [-0.4, -0.2) is 5.11 Å². The van der Waals surface area contributed by atoms with Gasteiger partial charge in [0.25, 0.3) is 0 Å². The van der Waals surface area contributed by atoms with Crippen LogP contribution in [0.25, 0.3) is 0 Å². The molecule has 0 aromatic heterocycles. The molecular weight excluding hydrogens is 198 g/mol. The maximum atomic E-state index is 10.0. The van der Waals surface area contributed by atoms with Crippen molar-refractivity contribution in [3.05, 3.63) is 35.4 Å². The molecule has 2 unspecified atom stereocenters. The second kappa shape index (κ2) is 4.67. The van der Waals surface area contributed by atoms with Crippen LogP contribution in [0.1, 0.15) is 49.3 Å². The first-order valence-corrected chi connectivity index (χ1v) is 5.93. The third-order valence-electron chi connectivity index (χ3n) is 3.31. The summed E-state index contributed by atoms with van der Waals surface area (Å²) in [4.78, 5) is 0. The molecular formula is C14H17NO. The van der Waals surface area contributed by atoms with Crippen LogP contribution in [0.15, 0.2) is 24.3 Å². The normalized spacial score (nSPS) is 18.8. The van der Waals surface area contributed by atoms with E-state index in [1.165, 1.54) is 18.4 Å². The largest absolute Gasteiger partial charge is 0.387 e. The summed E-state index contributed by atoms with van der Waals surface area (Å²) in [5.41, 5.74) is 2.22. The second-order valence-electron chi connectivity index (χ2n) is 4.53. The van der Waals surface area contributed by atoms with Crippen molar-refractivity contribution in [3.63, 3.8) is 0 Å². The van der Waals surface area contributed by atoms with Gasteiger partial charge in [-0.05, 0) is 36.3 Å². The molecule has 16 heavy (non-hydrogen) atoms. The molecule has 1 aliphatic rings. The van der Waals surface area contributed by atoms with E-state index in [1.54, 1.807) is 0 Å². The SMILES string of the molecule is CCC(C#N)C(O)c1ccc(C2CC2)cc1. The molecule has 0 saturated heterocycles. The van der Waals surface area contributed by atoms with Gasteiger partial charge >= 0.3 is 0 Å². The maximum absolute atomic E-state index is 10.0. The standard InChI is InChI=1S/C14H17NO/c1-2-10(9-15)14(16)13-7-5-12(6-8-13)11-3-4-11/h5-8,10-11,14,16H,2-4H2,1H3. The Labute approximate surface area is 96.5 Å². The zero-order chi connectivity index (χ0) is 11.5. The number of nitriles is 1. The minimum absolute atomic E-state index is 0.299. The van der Waals surface area contributed by atoms with E-state index in [4.69, 9.17) is 5.26 Å². The maximum Gasteiger partial charge on any atom is 0.0948 e. The van der Waals surface area contributed by atoms with Crippen molar-refractivity contribution < 1.29 is 5.11 Å². The van der Waals surface area contributed by atoms with Crippen LogP contribution >= 0.6 is 0 Å². The van der Waals surface area contributed by atoms with Gasteiger partial charge in [0.15, 0.2) is 0 Å². The molecule has 1 aromatic rings. The van der Waals surface area contributed by atoms with Crippen LogP contribution in [-0.2, 0) is 0 Å². The van der Waals surface area contributed by atoms with Gasteiger partial charge in [0.05, 0.1) is 18.1 Å². The second-order valence-corrected chi connectivity index (χ2v) is 4.53. The van der Waals surface area contributed by atoms with Crippen LogP contribution in [0.4, 0.5) is 0 Å². The third kappa shape index (κ3) is 2.25. The van der Waals surface area contributed by atoms with E-state index in [2.05, 4.69) is 18.2 Å². The fraction of sp³-hybridized carbons (Fsp3) is 0.500. The zero-order valence-electron chi connectivity index (χ0n) is 9.56. The molecule has 1 N–H and O–H groups in total. The molecule has 0 spiro atoms. The van der Waals surface area contributed by atoms with Crippen molar-refractivity contribution in [1.82, 2.24) is 0 Å². The summed E-state index contributed by atoms with van der Waals surface area (Å²) in [5.74, 6) is 0.441. The van der Waals surface area contributed by atoms with Crippen LogP contribution in [0.3, 0.4) is 0 Å². The minimum atomic E-state index is -0.650. The number of aliphatic hydroxyl groups excluding tert-OH is 1. The lowest BCUT2D eigenvalue weighted by molar-refractivity contribution is 0.133. The van der Waals surface area contributed by atoms with Gasteiger partial charge in [-0.15, -0.1) is 0 Å². The molecule has 1 aromatic carbocycles. The van der Waals surface area contributed by atoms with Crippen LogP contribution < -0.4 is 0 Å². The fourth-order valence-electron chi connectivity index (χ4n) is 2.00. The summed E-state index contributed by atoms with van der Waals surface area (Å²) in [6.45, 7) is 1.93. The third-order valence-corrected chi connectivity index (χ3v) is 3.31. The summed E-state index contributed by atoms with van der Waals surface area (Å²) >= 11 is 0. The summed E-state index contributed by atoms with van der Waals surface area (Å²) < 4.78 is 0. The molecule has 2 rings (SSSR count). The summed E-state index contributed by atoms with van der Waals surface area (Å²) in [6, 6.07) is 10.2.